The lowest BCUT2D eigenvalue weighted by Gasteiger charge is -2.35. The Bertz CT molecular complexity index is 7110. The monoisotopic (exact) mass is 1940 g/mol. The van der Waals surface area contributed by atoms with Crippen LogP contribution in [0.4, 0.5) is 61.5 Å². The van der Waals surface area contributed by atoms with Crippen LogP contribution in [-0.4, -0.2) is 262 Å². The highest BCUT2D eigenvalue weighted by Gasteiger charge is 2.34. The van der Waals surface area contributed by atoms with E-state index in [1.807, 2.05) is 87.1 Å². The van der Waals surface area contributed by atoms with Gasteiger partial charge in [-0.15, -0.1) is 0 Å². The summed E-state index contributed by atoms with van der Waals surface area (Å²) in [6.07, 6.45) is 6.42. The maximum Gasteiger partial charge on any atom is 0.319 e. The molecule has 0 atom stereocenters. The van der Waals surface area contributed by atoms with E-state index < -0.39 is 40.7 Å². The number of likely N-dealkylation sites (N-methyl/N-ethyl adjacent to an activating group) is 1. The third kappa shape index (κ3) is 20.1. The van der Waals surface area contributed by atoms with Crippen LogP contribution >= 0.6 is 46.4 Å². The van der Waals surface area contributed by atoms with Crippen molar-refractivity contribution in [2.24, 2.45) is 0 Å². The van der Waals surface area contributed by atoms with Crippen LogP contribution in [0.5, 0.6) is 29.0 Å². The predicted molar refractivity (Wildman–Crippen MR) is 525 cm³/mol. The largest absolute Gasteiger partial charge is 0.508 e. The van der Waals surface area contributed by atoms with Gasteiger partial charge in [0.05, 0.1) is 42.1 Å². The molecule has 0 saturated carbocycles. The zero-order valence-electron chi connectivity index (χ0n) is 74.8. The van der Waals surface area contributed by atoms with Gasteiger partial charge >= 0.3 is 6.01 Å². The average Bonchev–Trinajstić information content (AvgIpc) is 0.687. The number of carbonyl (C=O) groups is 4. The second-order valence-electron chi connectivity index (χ2n) is 32.6. The molecule has 0 unspecified atom stereocenters. The van der Waals surface area contributed by atoms with Crippen LogP contribution in [-0.2, 0) is 19.2 Å². The number of piperazine rings is 4. The van der Waals surface area contributed by atoms with Crippen molar-refractivity contribution in [3.05, 3.63) is 245 Å². The van der Waals surface area contributed by atoms with Crippen molar-refractivity contribution in [3.63, 3.8) is 0 Å². The van der Waals surface area contributed by atoms with Crippen LogP contribution in [0.3, 0.4) is 0 Å². The number of aromatic hydroxyl groups is 4. The van der Waals surface area contributed by atoms with Crippen molar-refractivity contribution in [2.75, 3.05) is 183 Å². The second-order valence-corrected chi connectivity index (χ2v) is 34.2. The fraction of sp³-hybridized carbons (Fsp3) is 0.232. The molecule has 4 saturated heterocycles. The molecule has 14 aromatic rings. The molecule has 706 valence electrons. The van der Waals surface area contributed by atoms with Gasteiger partial charge in [0, 0.05) is 171 Å². The molecule has 28 nitrogen and oxygen atoms in total. The normalized spacial score (nSPS) is 14.0. The van der Waals surface area contributed by atoms with E-state index in [1.165, 1.54) is 79.2 Å². The molecule has 8 heterocycles. The summed E-state index contributed by atoms with van der Waals surface area (Å²) in [5.41, 5.74) is 0.825. The Morgan fingerprint density at radius 3 is 1.26 bits per heavy atom. The van der Waals surface area contributed by atoms with Gasteiger partial charge in [-0.2, -0.15) is 19.9 Å². The van der Waals surface area contributed by atoms with E-state index in [1.54, 1.807) is 69.9 Å². The van der Waals surface area contributed by atoms with Crippen molar-refractivity contribution in [2.45, 2.75) is 0 Å². The summed E-state index contributed by atoms with van der Waals surface area (Å²) < 4.78 is 98.5. The van der Waals surface area contributed by atoms with Crippen LogP contribution < -0.4 is 34.6 Å². The number of phenolic OH excluding ortho intramolecular Hbond substituents is 4. The lowest BCUT2D eigenvalue weighted by molar-refractivity contribution is -0.127. The molecule has 4 amide bonds. The van der Waals surface area contributed by atoms with Crippen molar-refractivity contribution in [1.82, 2.24) is 64.4 Å². The standard InChI is InChI=1S/C27H25ClFN5O2.C26H23ClFN5O2.C25H26ClF2N5O3.C21H17ClF2N4O2/c1-4-22(36)33-9-11-34(12-10-33)26-20-15-21(28)23(24(29)25(20)30-27(31-26)32(2)3)19-14-17(35)13-16-7-5-6-8-18(16)19;1-3-21(35)32-8-10-33(11-9-32)25-19-14-20(27)22(23(28)24(19)30-26(29-2)31-25)18-13-16(34)12-15-6-4-5-7-17(15)18;1-4-19(35)32-8-10-33(11-9-32)24-15-14-16(26)20(21-17(27)6-5-7-18(21)34)22(28)23(15)29-25(30-24)36-13-12-31(2)3;1-2-16(30)27-6-8-28(9-7-27)21-18-14(25-11-26-21)10-12(19(22)20(18)24)17-13(23)4-3-5-15(17)29/h4-8,13-15,35H,1,9-12H2,2-3H3;3-7,12-14,34H,1,8-11H2,2H3,(H,29,30,31);4-7,14,34H,1,8-13H2,2-3H3;2-5,10-11,29H,1,6-9H2. The van der Waals surface area contributed by atoms with Gasteiger partial charge in [0.2, 0.25) is 35.5 Å². The molecule has 5 N–H and O–H groups in total. The highest BCUT2D eigenvalue weighted by molar-refractivity contribution is 6.37. The van der Waals surface area contributed by atoms with E-state index >= 15 is 17.6 Å². The Labute approximate surface area is 802 Å². The number of hydrogen-bond donors (Lipinski definition) is 5. The summed E-state index contributed by atoms with van der Waals surface area (Å²) in [5.74, 6) is -3.32. The first-order valence-corrected chi connectivity index (χ1v) is 44.7. The number of fused-ring (bicyclic) bond motifs is 6. The minimum Gasteiger partial charge on any atom is -0.508 e. The summed E-state index contributed by atoms with van der Waals surface area (Å²) in [4.78, 5) is 101. The van der Waals surface area contributed by atoms with Gasteiger partial charge < -0.3 is 79.5 Å². The van der Waals surface area contributed by atoms with Crippen LogP contribution in [0.1, 0.15) is 0 Å². The Balaban J connectivity index is 0.000000139. The molecule has 4 aliphatic heterocycles. The lowest BCUT2D eigenvalue weighted by atomic mass is 9.96. The number of carbonyl (C=O) groups excluding carboxylic acids is 4. The first-order chi connectivity index (χ1) is 65.8. The number of anilines is 6. The number of ether oxygens (including phenoxy) is 1. The zero-order chi connectivity index (χ0) is 97.6. The number of aromatic nitrogens is 8. The number of halogens is 10. The molecule has 18 rings (SSSR count). The Hall–Kier alpha value is -14.6. The Morgan fingerprint density at radius 1 is 0.423 bits per heavy atom. The van der Waals surface area contributed by atoms with E-state index in [2.05, 4.69) is 66.5 Å². The third-order valence-corrected chi connectivity index (χ3v) is 25.0. The maximum absolute atomic E-state index is 16.3. The molecule has 38 heteroatoms. The highest BCUT2D eigenvalue weighted by Crippen LogP contribution is 2.49. The Kier molecular flexibility index (Phi) is 29.5. The van der Waals surface area contributed by atoms with E-state index in [0.29, 0.717) is 168 Å². The van der Waals surface area contributed by atoms with Crippen LogP contribution in [0.2, 0.25) is 20.1 Å². The number of benzene rings is 10. The fourth-order valence-corrected chi connectivity index (χ4v) is 17.9. The van der Waals surface area contributed by atoms with Crippen molar-refractivity contribution in [1.29, 1.82) is 0 Å². The van der Waals surface area contributed by atoms with Gasteiger partial charge in [-0.25, -0.2) is 46.3 Å². The first-order valence-electron chi connectivity index (χ1n) is 43.2. The summed E-state index contributed by atoms with van der Waals surface area (Å²) in [6.45, 7) is 22.5. The number of rotatable bonds is 18. The summed E-state index contributed by atoms with van der Waals surface area (Å²) in [6, 6.07) is 34.8. The Morgan fingerprint density at radius 2 is 0.825 bits per heavy atom. The zero-order valence-corrected chi connectivity index (χ0v) is 77.8. The van der Waals surface area contributed by atoms with Gasteiger partial charge in [-0.05, 0) is 144 Å². The topological polar surface area (TPSA) is 306 Å². The van der Waals surface area contributed by atoms with Gasteiger partial charge in [0.25, 0.3) is 0 Å². The lowest BCUT2D eigenvalue weighted by Crippen LogP contribution is -2.48. The van der Waals surface area contributed by atoms with E-state index in [9.17, 15) is 48.4 Å². The van der Waals surface area contributed by atoms with Crippen LogP contribution in [0.25, 0.3) is 110 Å². The number of hydrogen-bond acceptors (Lipinski definition) is 24. The smallest absolute Gasteiger partial charge is 0.319 e. The molecule has 0 aliphatic carbocycles. The third-order valence-electron chi connectivity index (χ3n) is 23.7. The molecule has 0 bridgehead atoms. The minimum atomic E-state index is -0.903. The molecule has 137 heavy (non-hydrogen) atoms. The summed E-state index contributed by atoms with van der Waals surface area (Å²) in [7, 11) is 9.03. The quantitative estimate of drug-likeness (QED) is 0.0394. The molecular weight excluding hydrogens is 1860 g/mol. The maximum atomic E-state index is 16.3. The number of amides is 4. The van der Waals surface area contributed by atoms with Gasteiger partial charge in [-0.3, -0.25) is 19.2 Å². The molecule has 0 spiro atoms. The van der Waals surface area contributed by atoms with Gasteiger partial charge in [0.15, 0.2) is 23.3 Å². The average molecular weight is 1950 g/mol. The highest BCUT2D eigenvalue weighted by atomic mass is 35.5. The SMILES string of the molecule is C=CC(=O)N1CCN(c2nc(N(C)C)nc3c(F)c(-c4cc(O)cc5ccccc45)c(Cl)cc23)CC1.C=CC(=O)N1CCN(c2nc(NC)nc3c(F)c(-c4cc(O)cc5ccccc45)c(Cl)cc23)CC1.C=CC(=O)N1CCN(c2nc(OCCN(C)C)nc3c(F)c(-c4c(O)cccc4F)c(Cl)cc23)CC1.C=CC(=O)N1CCN(c2ncnc3cc(-c4c(O)cccc4F)c(Cl)c(F)c23)CC1. The van der Waals surface area contributed by atoms with Crippen molar-refractivity contribution in [3.8, 4) is 73.5 Å². The van der Waals surface area contributed by atoms with Gasteiger partial charge in [0.1, 0.15) is 87.4 Å². The summed E-state index contributed by atoms with van der Waals surface area (Å²) in [5, 5.41) is 48.3. The molecular formula is C99H91Cl4F6N19O9. The van der Waals surface area contributed by atoms with E-state index in [4.69, 9.17) is 56.1 Å². The molecule has 10 aromatic carbocycles. The van der Waals surface area contributed by atoms with Crippen LogP contribution in [0.15, 0.2) is 190 Å². The van der Waals surface area contributed by atoms with Crippen molar-refractivity contribution < 1.29 is 70.7 Å². The molecule has 4 aliphatic rings. The number of phenols is 4. The number of nitrogens with one attached hydrogen (secondary N) is 1. The second kappa shape index (κ2) is 41.7. The predicted octanol–water partition coefficient (Wildman–Crippen LogP) is 17.2. The number of nitrogens with zero attached hydrogens (tertiary/aromatic N) is 18. The fourth-order valence-electron chi connectivity index (χ4n) is 16.8. The molecule has 4 fully saturated rings. The van der Waals surface area contributed by atoms with E-state index in [-0.39, 0.29) is 140 Å². The molecule has 4 aromatic heterocycles. The minimum absolute atomic E-state index is 0.00307. The van der Waals surface area contributed by atoms with Gasteiger partial charge in [-0.1, -0.05) is 133 Å². The summed E-state index contributed by atoms with van der Waals surface area (Å²) >= 11 is 26.1. The van der Waals surface area contributed by atoms with Crippen molar-refractivity contribution >= 4 is 170 Å². The van der Waals surface area contributed by atoms with E-state index in [0.717, 1.165) is 33.7 Å². The first kappa shape index (κ1) is 97.0. The van der Waals surface area contributed by atoms with Crippen LogP contribution in [0, 0.1) is 34.9 Å². The molecule has 0 radical (unpaired) electrons.